The highest BCUT2D eigenvalue weighted by Gasteiger charge is 2.19. The highest BCUT2D eigenvalue weighted by atomic mass is 16.4. The number of nitriles is 1. The highest BCUT2D eigenvalue weighted by Crippen LogP contribution is 2.30. The normalized spacial score (nSPS) is 10.7. The summed E-state index contributed by atoms with van der Waals surface area (Å²) in [5.74, 6) is -0.453. The number of carboxylic acids is 1. The van der Waals surface area contributed by atoms with E-state index in [0.717, 1.165) is 16.7 Å². The SMILES string of the molecule is CC(C)c1ccc(C#N)c(C(C)C)c1CC(=O)O. The maximum Gasteiger partial charge on any atom is 0.307 e. The molecule has 1 aromatic carbocycles. The third kappa shape index (κ3) is 2.89. The molecule has 0 radical (unpaired) electrons. The number of carboxylic acid groups (broad SMARTS) is 1. The molecule has 0 aliphatic carbocycles. The lowest BCUT2D eigenvalue weighted by molar-refractivity contribution is -0.136. The first-order valence-electron chi connectivity index (χ1n) is 6.16. The van der Waals surface area contributed by atoms with Gasteiger partial charge in [-0.1, -0.05) is 33.8 Å². The summed E-state index contributed by atoms with van der Waals surface area (Å²) in [6.07, 6.45) is -0.0173. The second-order valence-electron chi connectivity index (χ2n) is 5.09. The molecule has 0 unspecified atom stereocenters. The van der Waals surface area contributed by atoms with Gasteiger partial charge >= 0.3 is 5.97 Å². The Hall–Kier alpha value is -1.82. The first-order chi connectivity index (χ1) is 8.38. The lowest BCUT2D eigenvalue weighted by Gasteiger charge is -2.19. The molecule has 0 spiro atoms. The molecule has 96 valence electrons. The molecule has 0 aliphatic rings. The van der Waals surface area contributed by atoms with Crippen LogP contribution in [0.25, 0.3) is 0 Å². The molecule has 1 N–H and O–H groups in total. The molecule has 18 heavy (non-hydrogen) atoms. The van der Waals surface area contributed by atoms with E-state index in [4.69, 9.17) is 10.4 Å². The monoisotopic (exact) mass is 245 g/mol. The van der Waals surface area contributed by atoms with E-state index < -0.39 is 5.97 Å². The summed E-state index contributed by atoms with van der Waals surface area (Å²) < 4.78 is 0. The Balaban J connectivity index is 3.55. The predicted molar refractivity (Wildman–Crippen MR) is 70.7 cm³/mol. The summed E-state index contributed by atoms with van der Waals surface area (Å²) in [6.45, 7) is 8.06. The predicted octanol–water partition coefficient (Wildman–Crippen LogP) is 3.43. The van der Waals surface area contributed by atoms with Crippen LogP contribution >= 0.6 is 0 Å². The van der Waals surface area contributed by atoms with Gasteiger partial charge in [0.05, 0.1) is 18.1 Å². The Labute approximate surface area is 108 Å². The quantitative estimate of drug-likeness (QED) is 0.884. The maximum atomic E-state index is 11.0. The van der Waals surface area contributed by atoms with Crippen molar-refractivity contribution in [3.05, 3.63) is 34.4 Å². The van der Waals surface area contributed by atoms with E-state index >= 15 is 0 Å². The minimum atomic E-state index is -0.853. The smallest absolute Gasteiger partial charge is 0.307 e. The number of benzene rings is 1. The Morgan fingerprint density at radius 1 is 1.28 bits per heavy atom. The van der Waals surface area contributed by atoms with Crippen LogP contribution in [0.5, 0.6) is 0 Å². The van der Waals surface area contributed by atoms with Crippen molar-refractivity contribution in [1.29, 1.82) is 5.26 Å². The molecule has 0 saturated carbocycles. The number of carbonyl (C=O) groups is 1. The van der Waals surface area contributed by atoms with Crippen LogP contribution in [0.15, 0.2) is 12.1 Å². The largest absolute Gasteiger partial charge is 0.481 e. The van der Waals surface area contributed by atoms with Gasteiger partial charge in [-0.3, -0.25) is 4.79 Å². The van der Waals surface area contributed by atoms with Gasteiger partial charge in [-0.25, -0.2) is 0 Å². The molecule has 0 bridgehead atoms. The third-order valence-corrected chi connectivity index (χ3v) is 3.04. The van der Waals surface area contributed by atoms with Gasteiger partial charge in [0.1, 0.15) is 0 Å². The van der Waals surface area contributed by atoms with Crippen LogP contribution in [0.2, 0.25) is 0 Å². The van der Waals surface area contributed by atoms with E-state index in [1.165, 1.54) is 0 Å². The fourth-order valence-corrected chi connectivity index (χ4v) is 2.33. The second kappa shape index (κ2) is 5.68. The van der Waals surface area contributed by atoms with E-state index in [1.54, 1.807) is 6.07 Å². The van der Waals surface area contributed by atoms with Gasteiger partial charge in [-0.05, 0) is 34.6 Å². The number of rotatable bonds is 4. The topological polar surface area (TPSA) is 61.1 Å². The summed E-state index contributed by atoms with van der Waals surface area (Å²) >= 11 is 0. The molecule has 1 rings (SSSR count). The van der Waals surface area contributed by atoms with Crippen molar-refractivity contribution in [2.45, 2.75) is 46.0 Å². The Bertz CT molecular complexity index is 496. The van der Waals surface area contributed by atoms with E-state index in [-0.39, 0.29) is 18.3 Å². The minimum Gasteiger partial charge on any atom is -0.481 e. The second-order valence-corrected chi connectivity index (χ2v) is 5.09. The van der Waals surface area contributed by atoms with Gasteiger partial charge in [0.25, 0.3) is 0 Å². The molecule has 0 fully saturated rings. The molecule has 3 heteroatoms. The fourth-order valence-electron chi connectivity index (χ4n) is 2.33. The van der Waals surface area contributed by atoms with Crippen LogP contribution in [0.4, 0.5) is 0 Å². The molecular formula is C15H19NO2. The van der Waals surface area contributed by atoms with Crippen molar-refractivity contribution in [2.75, 3.05) is 0 Å². The molecule has 0 saturated heterocycles. The van der Waals surface area contributed by atoms with Gasteiger partial charge < -0.3 is 5.11 Å². The van der Waals surface area contributed by atoms with Crippen molar-refractivity contribution in [1.82, 2.24) is 0 Å². The number of hydrogen-bond acceptors (Lipinski definition) is 2. The van der Waals surface area contributed by atoms with Crippen LogP contribution in [-0.2, 0) is 11.2 Å². The summed E-state index contributed by atoms with van der Waals surface area (Å²) in [6, 6.07) is 5.85. The van der Waals surface area contributed by atoms with E-state index in [2.05, 4.69) is 6.07 Å². The van der Waals surface area contributed by atoms with Gasteiger partial charge in [-0.15, -0.1) is 0 Å². The molecule has 0 atom stereocenters. The zero-order valence-electron chi connectivity index (χ0n) is 11.3. The van der Waals surface area contributed by atoms with Crippen LogP contribution in [0.3, 0.4) is 0 Å². The highest BCUT2D eigenvalue weighted by molar-refractivity contribution is 5.72. The maximum absolute atomic E-state index is 11.0. The number of nitrogens with zero attached hydrogens (tertiary/aromatic N) is 1. The van der Waals surface area contributed by atoms with Gasteiger partial charge in [0.2, 0.25) is 0 Å². The van der Waals surface area contributed by atoms with Crippen LogP contribution < -0.4 is 0 Å². The minimum absolute atomic E-state index is 0.0173. The summed E-state index contributed by atoms with van der Waals surface area (Å²) in [4.78, 5) is 11.0. The molecule has 0 amide bonds. The molecule has 0 heterocycles. The first kappa shape index (κ1) is 14.2. The standard InChI is InChI=1S/C15H19NO2/c1-9(2)12-6-5-11(8-16)15(10(3)4)13(12)7-14(17)18/h5-6,9-10H,7H2,1-4H3,(H,17,18). The van der Waals surface area contributed by atoms with E-state index in [1.807, 2.05) is 33.8 Å². The zero-order valence-corrected chi connectivity index (χ0v) is 11.3. The molecular weight excluding hydrogens is 226 g/mol. The van der Waals surface area contributed by atoms with Crippen molar-refractivity contribution in [3.63, 3.8) is 0 Å². The number of aliphatic carboxylic acids is 1. The first-order valence-corrected chi connectivity index (χ1v) is 6.16. The van der Waals surface area contributed by atoms with Crippen LogP contribution in [-0.4, -0.2) is 11.1 Å². The molecule has 0 aliphatic heterocycles. The van der Waals surface area contributed by atoms with E-state index in [0.29, 0.717) is 5.56 Å². The average Bonchev–Trinajstić information content (AvgIpc) is 2.26. The van der Waals surface area contributed by atoms with Crippen molar-refractivity contribution < 1.29 is 9.90 Å². The Kier molecular flexibility index (Phi) is 4.49. The molecule has 0 aromatic heterocycles. The molecule has 1 aromatic rings. The van der Waals surface area contributed by atoms with E-state index in [9.17, 15) is 4.79 Å². The fraction of sp³-hybridized carbons (Fsp3) is 0.467. The third-order valence-electron chi connectivity index (χ3n) is 3.04. The molecule has 3 nitrogen and oxygen atoms in total. The summed E-state index contributed by atoms with van der Waals surface area (Å²) in [5.41, 5.74) is 3.31. The zero-order chi connectivity index (χ0) is 13.9. The van der Waals surface area contributed by atoms with Crippen molar-refractivity contribution >= 4 is 5.97 Å². The summed E-state index contributed by atoms with van der Waals surface area (Å²) in [5, 5.41) is 18.2. The van der Waals surface area contributed by atoms with Crippen LogP contribution in [0, 0.1) is 11.3 Å². The number of hydrogen-bond donors (Lipinski definition) is 1. The average molecular weight is 245 g/mol. The Morgan fingerprint density at radius 3 is 2.28 bits per heavy atom. The van der Waals surface area contributed by atoms with Crippen molar-refractivity contribution in [2.24, 2.45) is 0 Å². The summed E-state index contributed by atoms with van der Waals surface area (Å²) in [7, 11) is 0. The van der Waals surface area contributed by atoms with Crippen LogP contribution in [0.1, 0.15) is 61.8 Å². The van der Waals surface area contributed by atoms with Gasteiger partial charge in [-0.2, -0.15) is 5.26 Å². The Morgan fingerprint density at radius 2 is 1.89 bits per heavy atom. The lowest BCUT2D eigenvalue weighted by atomic mass is 9.84. The van der Waals surface area contributed by atoms with Gasteiger partial charge in [0.15, 0.2) is 0 Å². The van der Waals surface area contributed by atoms with Gasteiger partial charge in [0, 0.05) is 0 Å². The van der Waals surface area contributed by atoms with Crippen molar-refractivity contribution in [3.8, 4) is 6.07 Å². The lowest BCUT2D eigenvalue weighted by Crippen LogP contribution is -2.11.